The Labute approximate surface area is 617 Å². The molecule has 0 radical (unpaired) electrons. The normalized spacial score (nSPS) is 25.5. The number of hydrogen-bond donors (Lipinski definition) is 7. The number of allylic oxidation sites excluding steroid dienone is 2. The van der Waals surface area contributed by atoms with Crippen molar-refractivity contribution in [3.05, 3.63) is 12.2 Å². The van der Waals surface area contributed by atoms with Gasteiger partial charge in [0.05, 0.1) is 19.8 Å². The van der Waals surface area contributed by atoms with Gasteiger partial charge < -0.3 is 75.4 Å². The van der Waals surface area contributed by atoms with E-state index in [0.717, 1.165) is 28.9 Å². The monoisotopic (exact) mass is 1480 g/mol. The van der Waals surface area contributed by atoms with Crippen molar-refractivity contribution in [3.63, 3.8) is 0 Å². The first-order chi connectivity index (χ1) is 47.7. The predicted octanol–water partition coefficient (Wildman–Crippen LogP) is 4.34. The number of carbonyl (C=O) groups is 13. The highest BCUT2D eigenvalue weighted by molar-refractivity contribution is 7.99. The molecule has 0 unspecified atom stereocenters. The van der Waals surface area contributed by atoms with E-state index in [1.54, 1.807) is 54.5 Å². The van der Waals surface area contributed by atoms with E-state index < -0.39 is 179 Å². The highest BCUT2D eigenvalue weighted by Gasteiger charge is 2.51. The molecule has 29 nitrogen and oxygen atoms in total. The van der Waals surface area contributed by atoms with Crippen LogP contribution in [-0.2, 0) is 71.8 Å². The van der Waals surface area contributed by atoms with Crippen molar-refractivity contribution in [2.75, 3.05) is 75.1 Å². The van der Waals surface area contributed by atoms with Crippen LogP contribution in [0.3, 0.4) is 0 Å². The van der Waals surface area contributed by atoms with Crippen LogP contribution in [0, 0.1) is 41.4 Å². The maximum Gasteiger partial charge on any atom is 0.320 e. The minimum atomic E-state index is -2.38. The molecule has 0 bridgehead atoms. The van der Waals surface area contributed by atoms with Crippen LogP contribution in [0.1, 0.15) is 188 Å². The molecule has 103 heavy (non-hydrogen) atoms. The van der Waals surface area contributed by atoms with Gasteiger partial charge in [-0.2, -0.15) is 17.2 Å². The Kier molecular flexibility index (Phi) is 39.7. The standard InChI is InChI=1S/C73H130N12O17S/c1-27-29-32-47(13)39-73(78-100)71(98)76-51(28-2)63(90)83(22)56(41-103-36-31-30-33-50(69(96)101-25)70(97)102-26)66(93)82(21)55(40-72(16,17)99)61(88)77-57(45(9)10)67(94)79(18)52(35-34-42(3)4)60(87)74-48(14)59(86)75-49(15)62(89)80(19)53(37-43(5)6)64(91)81(20)54(38-44(7)8)65(92)84(23)58(46(11)12)68(95)85(73)24/h27,29,42-58,78,99-100H,28,30-41H2,1-26H3,(H,74,87)(H,75,86)(H,76,98)(H,77,88)/b29-27+/t47-,48-,49+,51+,52-,53+,54+,55+,56-,57-,58+,73+/m1/s1. The van der Waals surface area contributed by atoms with Crippen molar-refractivity contribution in [2.45, 2.75) is 260 Å². The average molecular weight is 1480 g/mol. The molecule has 11 amide bonds. The van der Waals surface area contributed by atoms with Gasteiger partial charge in [-0.25, -0.2) is 0 Å². The third-order valence-electron chi connectivity index (χ3n) is 19.2. The summed E-state index contributed by atoms with van der Waals surface area (Å²) in [6, 6.07) is -13.4. The third-order valence-corrected chi connectivity index (χ3v) is 20.3. The first-order valence-electron chi connectivity index (χ1n) is 36.3. The van der Waals surface area contributed by atoms with E-state index >= 15 is 38.4 Å². The van der Waals surface area contributed by atoms with Crippen LogP contribution in [0.4, 0.5) is 0 Å². The molecule has 590 valence electrons. The number of hydrogen-bond acceptors (Lipinski definition) is 19. The van der Waals surface area contributed by atoms with Gasteiger partial charge >= 0.3 is 11.9 Å². The molecule has 1 heterocycles. The molecule has 0 aromatic carbocycles. The zero-order chi connectivity index (χ0) is 79.6. The lowest BCUT2D eigenvalue weighted by Crippen LogP contribution is -2.71. The van der Waals surface area contributed by atoms with Crippen molar-refractivity contribution >= 4 is 88.7 Å². The van der Waals surface area contributed by atoms with Gasteiger partial charge in [-0.15, -0.1) is 0 Å². The van der Waals surface area contributed by atoms with Crippen LogP contribution < -0.4 is 26.7 Å². The number of rotatable bonds is 26. The van der Waals surface area contributed by atoms with E-state index in [1.807, 2.05) is 47.6 Å². The number of carbonyl (C=O) groups excluding carboxylic acids is 13. The number of likely N-dealkylation sites (N-methyl/N-ethyl adjacent to an activating group) is 7. The van der Waals surface area contributed by atoms with Crippen LogP contribution in [0.15, 0.2) is 12.2 Å². The van der Waals surface area contributed by atoms with Crippen LogP contribution in [0.5, 0.6) is 0 Å². The first-order valence-corrected chi connectivity index (χ1v) is 37.4. The predicted molar refractivity (Wildman–Crippen MR) is 395 cm³/mol. The van der Waals surface area contributed by atoms with Crippen LogP contribution in [0.2, 0.25) is 0 Å². The van der Waals surface area contributed by atoms with Crippen molar-refractivity contribution in [1.82, 2.24) is 61.0 Å². The maximum absolute atomic E-state index is 15.6. The van der Waals surface area contributed by atoms with Crippen molar-refractivity contribution in [1.29, 1.82) is 0 Å². The number of hydroxylamine groups is 1. The third kappa shape index (κ3) is 27.2. The number of aliphatic hydroxyl groups is 1. The Morgan fingerprint density at radius 1 is 0.583 bits per heavy atom. The van der Waals surface area contributed by atoms with E-state index in [4.69, 9.17) is 9.47 Å². The second-order valence-electron chi connectivity index (χ2n) is 30.5. The fraction of sp³-hybridized carbons (Fsp3) is 0.795. The minimum Gasteiger partial charge on any atom is -0.468 e. The number of thioether (sulfide) groups is 1. The summed E-state index contributed by atoms with van der Waals surface area (Å²) in [5.41, 5.74) is -1.89. The van der Waals surface area contributed by atoms with Gasteiger partial charge in [0, 0.05) is 61.5 Å². The summed E-state index contributed by atoms with van der Waals surface area (Å²) < 4.78 is 9.66. The minimum absolute atomic E-state index is 0.0335. The summed E-state index contributed by atoms with van der Waals surface area (Å²) >= 11 is 1.22. The van der Waals surface area contributed by atoms with Gasteiger partial charge in [0.2, 0.25) is 59.1 Å². The molecule has 1 aliphatic rings. The van der Waals surface area contributed by atoms with E-state index in [9.17, 15) is 34.3 Å². The number of unbranched alkanes of at least 4 members (excludes halogenated alkanes) is 1. The van der Waals surface area contributed by atoms with Crippen LogP contribution in [-0.4, -0.2) is 268 Å². The lowest BCUT2D eigenvalue weighted by molar-refractivity contribution is -0.166. The van der Waals surface area contributed by atoms with Gasteiger partial charge in [-0.3, -0.25) is 62.3 Å². The highest BCUT2D eigenvalue weighted by atomic mass is 32.2. The topological polar surface area (TPSA) is 364 Å². The second-order valence-corrected chi connectivity index (χ2v) is 31.6. The summed E-state index contributed by atoms with van der Waals surface area (Å²) in [5.74, 6) is -13.4. The summed E-state index contributed by atoms with van der Waals surface area (Å²) in [6.07, 6.45) is 4.70. The van der Waals surface area contributed by atoms with Crippen LogP contribution in [0.25, 0.3) is 0 Å². The van der Waals surface area contributed by atoms with Gasteiger partial charge in [0.25, 0.3) is 5.91 Å². The molecule has 1 saturated heterocycles. The molecule has 1 rings (SSSR count). The summed E-state index contributed by atoms with van der Waals surface area (Å²) in [6.45, 7) is 28.8. The number of esters is 2. The second kappa shape index (κ2) is 43.5. The first kappa shape index (κ1) is 94.1. The average Bonchev–Trinajstić information content (AvgIpc) is 0.776. The highest BCUT2D eigenvalue weighted by Crippen LogP contribution is 2.30. The smallest absolute Gasteiger partial charge is 0.320 e. The molecule has 0 spiro atoms. The fourth-order valence-electron chi connectivity index (χ4n) is 12.7. The van der Waals surface area contributed by atoms with E-state index in [0.29, 0.717) is 31.4 Å². The van der Waals surface area contributed by atoms with E-state index in [2.05, 4.69) is 26.7 Å². The molecule has 0 saturated carbocycles. The SMILES string of the molecule is C/C=C/C[C@@H](C)C[C@@]1(NO)C(=O)N[C@@H](CC)C(=O)N(C)[C@H](CSCCCCC(C(=O)OC)C(=O)OC)C(=O)N(C)[C@@H](CC(C)(C)O)C(=O)N[C@H](C(C)C)C(=O)N(C)[C@H](CCC(C)C)C(=O)N[C@H](C)C(=O)N[C@@H](C)C(=O)N(C)[C@@H](CC(C)C)C(=O)N(C)[C@@H](CC(C)C)C(=O)N(C)[C@@H](C(C)C)C(=O)N1C. The summed E-state index contributed by atoms with van der Waals surface area (Å²) in [7, 11) is 11.9. The molecule has 30 heteroatoms. The van der Waals surface area contributed by atoms with E-state index in [-0.39, 0.29) is 62.0 Å². The Bertz CT molecular complexity index is 2870. The Morgan fingerprint density at radius 3 is 1.52 bits per heavy atom. The fourth-order valence-corrected chi connectivity index (χ4v) is 13.8. The molecule has 0 aromatic rings. The van der Waals surface area contributed by atoms with Gasteiger partial charge in [0.15, 0.2) is 11.6 Å². The van der Waals surface area contributed by atoms with Gasteiger partial charge in [-0.05, 0) is 134 Å². The summed E-state index contributed by atoms with van der Waals surface area (Å²) in [4.78, 5) is 199. The quantitative estimate of drug-likeness (QED) is 0.0208. The molecular weight excluding hydrogens is 1350 g/mol. The number of methoxy groups -OCH3 is 2. The van der Waals surface area contributed by atoms with Gasteiger partial charge in [-0.1, -0.05) is 102 Å². The number of nitrogens with zero attached hydrogens (tertiary/aromatic N) is 7. The Hall–Kier alpha value is -6.92. The number of ether oxygens (including phenoxy) is 2. The molecule has 7 N–H and O–H groups in total. The lowest BCUT2D eigenvalue weighted by Gasteiger charge is -2.45. The number of amides is 11. The molecule has 12 atom stereocenters. The van der Waals surface area contributed by atoms with Crippen molar-refractivity contribution in [3.8, 4) is 0 Å². The number of nitrogens with one attached hydrogen (secondary N) is 5. The lowest BCUT2D eigenvalue weighted by atomic mass is 9.89. The van der Waals surface area contributed by atoms with Crippen molar-refractivity contribution in [2.24, 2.45) is 41.4 Å². The zero-order valence-electron chi connectivity index (χ0n) is 66.7. The largest absolute Gasteiger partial charge is 0.468 e. The molecular formula is C73H130N12O17S. The zero-order valence-corrected chi connectivity index (χ0v) is 67.5. The van der Waals surface area contributed by atoms with Crippen molar-refractivity contribution < 1.29 is 82.1 Å². The Balaban J connectivity index is 4.67. The molecule has 0 aliphatic carbocycles. The molecule has 0 aromatic heterocycles. The molecule has 1 aliphatic heterocycles. The Morgan fingerprint density at radius 2 is 1.06 bits per heavy atom. The maximum atomic E-state index is 15.6. The van der Waals surface area contributed by atoms with Gasteiger partial charge in [0.1, 0.15) is 60.4 Å². The molecule has 1 fully saturated rings. The summed E-state index contributed by atoms with van der Waals surface area (Å²) in [5, 5.41) is 34.0. The van der Waals surface area contributed by atoms with Crippen LogP contribution >= 0.6 is 11.8 Å². The van der Waals surface area contributed by atoms with E-state index in [1.165, 1.54) is 108 Å².